The van der Waals surface area contributed by atoms with E-state index in [1.54, 1.807) is 19.2 Å². The first-order valence-electron chi connectivity index (χ1n) is 6.75. The van der Waals surface area contributed by atoms with Gasteiger partial charge in [-0.15, -0.1) is 11.3 Å². The molecule has 8 nitrogen and oxygen atoms in total. The fraction of sp³-hybridized carbons (Fsp3) is 0.214. The van der Waals surface area contributed by atoms with Crippen LogP contribution in [0.3, 0.4) is 0 Å². The molecule has 0 aliphatic carbocycles. The highest BCUT2D eigenvalue weighted by Gasteiger charge is 2.20. The number of aryl methyl sites for hydroxylation is 2. The molecule has 3 aromatic rings. The van der Waals surface area contributed by atoms with Crippen molar-refractivity contribution in [3.8, 4) is 0 Å². The van der Waals surface area contributed by atoms with Crippen LogP contribution in [0.15, 0.2) is 16.4 Å². The first-order valence-corrected chi connectivity index (χ1v) is 8.45. The topological polar surface area (TPSA) is 103 Å². The molecule has 0 aromatic carbocycles. The molecule has 3 rings (SSSR count). The molecule has 0 atom stereocenters. The molecule has 0 saturated heterocycles. The summed E-state index contributed by atoms with van der Waals surface area (Å²) < 4.78 is 6.03. The fourth-order valence-electron chi connectivity index (χ4n) is 2.08. The second-order valence-corrected chi connectivity index (χ2v) is 6.69. The lowest BCUT2D eigenvalue weighted by Gasteiger charge is -2.02. The van der Waals surface area contributed by atoms with Crippen molar-refractivity contribution in [1.82, 2.24) is 14.4 Å². The van der Waals surface area contributed by atoms with Crippen molar-refractivity contribution in [2.24, 2.45) is 0 Å². The van der Waals surface area contributed by atoms with Gasteiger partial charge in [-0.05, 0) is 13.8 Å². The standard InChI is InChI=1S/C14H12N4O4S2/c1-6-5-23-14-15-4-8(11(20)18(6)14)10(19)17-13-16-7(2)9(24-13)12(21)22-3/h4-5H,1-3H3,(H,16,17,19). The van der Waals surface area contributed by atoms with Gasteiger partial charge in [0, 0.05) is 17.3 Å². The minimum absolute atomic E-state index is 0.0959. The van der Waals surface area contributed by atoms with Gasteiger partial charge in [-0.25, -0.2) is 14.8 Å². The number of rotatable bonds is 3. The van der Waals surface area contributed by atoms with Crippen molar-refractivity contribution in [2.45, 2.75) is 13.8 Å². The van der Waals surface area contributed by atoms with Crippen molar-refractivity contribution in [3.05, 3.63) is 43.8 Å². The Bertz CT molecular complexity index is 1020. The molecule has 0 aliphatic heterocycles. The first-order chi connectivity index (χ1) is 11.4. The Kier molecular flexibility index (Phi) is 4.16. The van der Waals surface area contributed by atoms with E-state index in [1.807, 2.05) is 0 Å². The largest absolute Gasteiger partial charge is 0.465 e. The lowest BCUT2D eigenvalue weighted by atomic mass is 10.3. The average Bonchev–Trinajstić information content (AvgIpc) is 3.10. The van der Waals surface area contributed by atoms with Crippen molar-refractivity contribution < 1.29 is 14.3 Å². The van der Waals surface area contributed by atoms with Gasteiger partial charge >= 0.3 is 5.97 Å². The number of aromatic nitrogens is 3. The third-order valence-corrected chi connectivity index (χ3v) is 5.26. The van der Waals surface area contributed by atoms with Crippen LogP contribution in [-0.4, -0.2) is 33.4 Å². The van der Waals surface area contributed by atoms with Crippen molar-refractivity contribution in [2.75, 3.05) is 12.4 Å². The zero-order valence-electron chi connectivity index (χ0n) is 12.9. The molecule has 0 radical (unpaired) electrons. The summed E-state index contributed by atoms with van der Waals surface area (Å²) in [6, 6.07) is 0. The van der Waals surface area contributed by atoms with E-state index in [-0.39, 0.29) is 10.7 Å². The van der Waals surface area contributed by atoms with Crippen LogP contribution in [0.1, 0.15) is 31.4 Å². The van der Waals surface area contributed by atoms with E-state index in [4.69, 9.17) is 0 Å². The molecule has 10 heteroatoms. The second kappa shape index (κ2) is 6.13. The molecule has 24 heavy (non-hydrogen) atoms. The summed E-state index contributed by atoms with van der Waals surface area (Å²) in [6.07, 6.45) is 1.24. The fourth-order valence-corrected chi connectivity index (χ4v) is 3.78. The lowest BCUT2D eigenvalue weighted by molar-refractivity contribution is 0.0605. The van der Waals surface area contributed by atoms with E-state index in [9.17, 15) is 14.4 Å². The van der Waals surface area contributed by atoms with E-state index >= 15 is 0 Å². The van der Waals surface area contributed by atoms with Crippen LogP contribution in [0.25, 0.3) is 4.96 Å². The maximum atomic E-state index is 12.4. The van der Waals surface area contributed by atoms with E-state index < -0.39 is 17.4 Å². The highest BCUT2D eigenvalue weighted by Crippen LogP contribution is 2.23. The van der Waals surface area contributed by atoms with E-state index in [0.717, 1.165) is 11.3 Å². The van der Waals surface area contributed by atoms with Crippen molar-refractivity contribution >= 4 is 44.6 Å². The molecule has 1 N–H and O–H groups in total. The maximum Gasteiger partial charge on any atom is 0.350 e. The number of anilines is 1. The molecule has 3 heterocycles. The third kappa shape index (κ3) is 2.69. The Morgan fingerprint density at radius 2 is 2.08 bits per heavy atom. The van der Waals surface area contributed by atoms with Gasteiger partial charge < -0.3 is 4.74 Å². The first kappa shape index (κ1) is 16.3. The monoisotopic (exact) mass is 364 g/mol. The van der Waals surface area contributed by atoms with Gasteiger partial charge in [0.25, 0.3) is 11.5 Å². The molecule has 1 amide bonds. The highest BCUT2D eigenvalue weighted by atomic mass is 32.1. The Morgan fingerprint density at radius 3 is 2.79 bits per heavy atom. The van der Waals surface area contributed by atoms with Crippen molar-refractivity contribution in [3.63, 3.8) is 0 Å². The molecule has 0 fully saturated rings. The zero-order valence-corrected chi connectivity index (χ0v) is 14.6. The number of ether oxygens (including phenoxy) is 1. The predicted octanol–water partition coefficient (Wildman–Crippen LogP) is 1.87. The number of fused-ring (bicyclic) bond motifs is 1. The SMILES string of the molecule is COC(=O)c1sc(NC(=O)c2cnc3scc(C)n3c2=O)nc1C. The molecule has 0 aliphatic rings. The number of hydrogen-bond donors (Lipinski definition) is 1. The molecule has 0 saturated carbocycles. The summed E-state index contributed by atoms with van der Waals surface area (Å²) in [5.41, 5.74) is 0.612. The summed E-state index contributed by atoms with van der Waals surface area (Å²) in [7, 11) is 1.27. The van der Waals surface area contributed by atoms with Gasteiger partial charge in [0.2, 0.25) is 0 Å². The number of carbonyl (C=O) groups is 2. The van der Waals surface area contributed by atoms with Gasteiger partial charge in [-0.2, -0.15) is 0 Å². The van der Waals surface area contributed by atoms with Crippen LogP contribution in [0.4, 0.5) is 5.13 Å². The summed E-state index contributed by atoms with van der Waals surface area (Å²) in [6.45, 7) is 3.40. The Morgan fingerprint density at radius 1 is 1.33 bits per heavy atom. The number of amides is 1. The quantitative estimate of drug-likeness (QED) is 0.712. The normalized spacial score (nSPS) is 10.8. The Hall–Kier alpha value is -2.59. The molecule has 3 aromatic heterocycles. The van der Waals surface area contributed by atoms with Crippen LogP contribution in [0.5, 0.6) is 0 Å². The van der Waals surface area contributed by atoms with Crippen LogP contribution in [-0.2, 0) is 4.74 Å². The van der Waals surface area contributed by atoms with Gasteiger partial charge in [0.15, 0.2) is 10.1 Å². The van der Waals surface area contributed by atoms with Crippen LogP contribution in [0.2, 0.25) is 0 Å². The van der Waals surface area contributed by atoms with Crippen LogP contribution >= 0.6 is 22.7 Å². The summed E-state index contributed by atoms with van der Waals surface area (Å²) in [5.74, 6) is -1.15. The summed E-state index contributed by atoms with van der Waals surface area (Å²) >= 11 is 2.31. The Labute approximate surface area is 143 Å². The smallest absolute Gasteiger partial charge is 0.350 e. The van der Waals surface area contributed by atoms with E-state index in [2.05, 4.69) is 20.0 Å². The molecule has 0 unspecified atom stereocenters. The summed E-state index contributed by atoms with van der Waals surface area (Å²) in [5, 5.41) is 4.53. The maximum absolute atomic E-state index is 12.4. The lowest BCUT2D eigenvalue weighted by Crippen LogP contribution is -2.26. The zero-order chi connectivity index (χ0) is 17.4. The van der Waals surface area contributed by atoms with E-state index in [1.165, 1.54) is 29.0 Å². The van der Waals surface area contributed by atoms with E-state index in [0.29, 0.717) is 21.2 Å². The van der Waals surface area contributed by atoms with Crippen LogP contribution in [0, 0.1) is 13.8 Å². The number of hydrogen-bond acceptors (Lipinski definition) is 8. The minimum Gasteiger partial charge on any atom is -0.465 e. The van der Waals surface area contributed by atoms with Gasteiger partial charge in [0.1, 0.15) is 10.4 Å². The molecular weight excluding hydrogens is 352 g/mol. The Balaban J connectivity index is 1.93. The number of nitrogens with zero attached hydrogens (tertiary/aromatic N) is 3. The predicted molar refractivity (Wildman–Crippen MR) is 90.2 cm³/mol. The molecular formula is C14H12N4O4S2. The van der Waals surface area contributed by atoms with Gasteiger partial charge in [0.05, 0.1) is 12.8 Å². The molecule has 124 valence electrons. The molecule has 0 bridgehead atoms. The third-order valence-electron chi connectivity index (χ3n) is 3.25. The number of esters is 1. The number of carbonyl (C=O) groups excluding carboxylic acids is 2. The number of nitrogens with one attached hydrogen (secondary N) is 1. The van der Waals surface area contributed by atoms with Crippen molar-refractivity contribution in [1.29, 1.82) is 0 Å². The van der Waals surface area contributed by atoms with Gasteiger partial charge in [-0.3, -0.25) is 19.3 Å². The second-order valence-electron chi connectivity index (χ2n) is 4.85. The minimum atomic E-state index is -0.627. The summed E-state index contributed by atoms with van der Waals surface area (Å²) in [4.78, 5) is 45.4. The average molecular weight is 364 g/mol. The highest BCUT2D eigenvalue weighted by molar-refractivity contribution is 7.17. The van der Waals surface area contributed by atoms with Gasteiger partial charge in [-0.1, -0.05) is 11.3 Å². The number of thiazole rings is 2. The number of methoxy groups -OCH3 is 1. The molecule has 0 spiro atoms. The van der Waals surface area contributed by atoms with Crippen LogP contribution < -0.4 is 10.9 Å².